The first-order valence-electron chi connectivity index (χ1n) is 4.48. The first-order chi connectivity index (χ1) is 5.70. The number of hydrogen-bond donors (Lipinski definition) is 1. The Bertz CT molecular complexity index is 170. The molecule has 70 valence electrons. The lowest BCUT2D eigenvalue weighted by molar-refractivity contribution is -0.147. The van der Waals surface area contributed by atoms with Gasteiger partial charge in [-0.05, 0) is 31.2 Å². The number of ether oxygens (including phenoxy) is 1. The van der Waals surface area contributed by atoms with Crippen LogP contribution >= 0.6 is 0 Å². The van der Waals surface area contributed by atoms with Gasteiger partial charge in [-0.25, -0.2) is 0 Å². The lowest BCUT2D eigenvalue weighted by Gasteiger charge is -2.18. The van der Waals surface area contributed by atoms with Crippen molar-refractivity contribution >= 4 is 5.97 Å². The summed E-state index contributed by atoms with van der Waals surface area (Å²) in [5, 5.41) is 0. The predicted octanol–water partition coefficient (Wildman–Crippen LogP) is 0.780. The Morgan fingerprint density at radius 2 is 2.25 bits per heavy atom. The van der Waals surface area contributed by atoms with E-state index in [4.69, 9.17) is 10.5 Å². The van der Waals surface area contributed by atoms with Crippen molar-refractivity contribution in [2.75, 3.05) is 13.7 Å². The summed E-state index contributed by atoms with van der Waals surface area (Å²) in [6, 6.07) is 0. The highest BCUT2D eigenvalue weighted by atomic mass is 16.5. The number of carbonyl (C=O) groups is 1. The molecule has 0 spiro atoms. The largest absolute Gasteiger partial charge is 0.469 e. The maximum atomic E-state index is 11.3. The molecule has 0 aromatic heterocycles. The van der Waals surface area contributed by atoms with Crippen LogP contribution in [0.5, 0.6) is 0 Å². The summed E-state index contributed by atoms with van der Waals surface area (Å²) in [4.78, 5) is 11.3. The van der Waals surface area contributed by atoms with Crippen molar-refractivity contribution in [3.8, 4) is 0 Å². The van der Waals surface area contributed by atoms with Crippen LogP contribution in [0.2, 0.25) is 0 Å². The third kappa shape index (κ3) is 1.61. The fraction of sp³-hybridized carbons (Fsp3) is 0.889. The number of hydrogen-bond acceptors (Lipinski definition) is 3. The average molecular weight is 171 g/mol. The van der Waals surface area contributed by atoms with Gasteiger partial charge in [-0.2, -0.15) is 0 Å². The minimum absolute atomic E-state index is 0.0417. The second-order valence-corrected chi connectivity index (χ2v) is 3.60. The third-order valence-corrected chi connectivity index (χ3v) is 2.89. The van der Waals surface area contributed by atoms with Crippen LogP contribution < -0.4 is 5.73 Å². The lowest BCUT2D eigenvalue weighted by Crippen LogP contribution is -2.29. The molecule has 0 aliphatic heterocycles. The number of rotatable bonds is 2. The Labute approximate surface area is 73.3 Å². The summed E-state index contributed by atoms with van der Waals surface area (Å²) >= 11 is 0. The number of methoxy groups -OCH3 is 1. The van der Waals surface area contributed by atoms with Gasteiger partial charge in [0.15, 0.2) is 0 Å². The van der Waals surface area contributed by atoms with Crippen molar-refractivity contribution in [1.29, 1.82) is 0 Å². The summed E-state index contributed by atoms with van der Waals surface area (Å²) in [6.45, 7) is 2.70. The molecule has 0 radical (unpaired) electrons. The van der Waals surface area contributed by atoms with Crippen LogP contribution in [0.3, 0.4) is 0 Å². The SMILES string of the molecule is COC(=O)C1C(C)CCC1CN. The third-order valence-electron chi connectivity index (χ3n) is 2.89. The van der Waals surface area contributed by atoms with Crippen LogP contribution in [0.25, 0.3) is 0 Å². The zero-order valence-corrected chi connectivity index (χ0v) is 7.75. The normalized spacial score (nSPS) is 35.1. The molecule has 2 N–H and O–H groups in total. The molecule has 3 heteroatoms. The molecule has 0 heterocycles. The quantitative estimate of drug-likeness (QED) is 0.625. The zero-order chi connectivity index (χ0) is 9.14. The van der Waals surface area contributed by atoms with E-state index in [9.17, 15) is 4.79 Å². The zero-order valence-electron chi connectivity index (χ0n) is 7.75. The van der Waals surface area contributed by atoms with Crippen molar-refractivity contribution < 1.29 is 9.53 Å². The van der Waals surface area contributed by atoms with E-state index in [0.29, 0.717) is 18.4 Å². The molecule has 0 bridgehead atoms. The molecule has 0 amide bonds. The highest BCUT2D eigenvalue weighted by molar-refractivity contribution is 5.73. The van der Waals surface area contributed by atoms with Crippen molar-refractivity contribution in [3.05, 3.63) is 0 Å². The molecule has 0 saturated heterocycles. The van der Waals surface area contributed by atoms with Crippen molar-refractivity contribution in [1.82, 2.24) is 0 Å². The Kier molecular flexibility index (Phi) is 3.09. The summed E-state index contributed by atoms with van der Waals surface area (Å²) in [7, 11) is 1.45. The number of nitrogens with two attached hydrogens (primary N) is 1. The van der Waals surface area contributed by atoms with Crippen LogP contribution in [0.4, 0.5) is 0 Å². The molecule has 0 aromatic rings. The van der Waals surface area contributed by atoms with Gasteiger partial charge >= 0.3 is 5.97 Å². The van der Waals surface area contributed by atoms with E-state index in [1.165, 1.54) is 7.11 Å². The van der Waals surface area contributed by atoms with Gasteiger partial charge in [0.1, 0.15) is 0 Å². The summed E-state index contributed by atoms with van der Waals surface area (Å²) < 4.78 is 4.74. The van der Waals surface area contributed by atoms with E-state index in [1.807, 2.05) is 0 Å². The molecule has 3 atom stereocenters. The van der Waals surface area contributed by atoms with E-state index in [0.717, 1.165) is 12.8 Å². The Balaban J connectivity index is 2.63. The summed E-state index contributed by atoms with van der Waals surface area (Å²) in [5.41, 5.74) is 5.57. The van der Waals surface area contributed by atoms with Crippen LogP contribution in [-0.4, -0.2) is 19.6 Å². The van der Waals surface area contributed by atoms with Crippen LogP contribution in [0.15, 0.2) is 0 Å². The van der Waals surface area contributed by atoms with Crippen molar-refractivity contribution in [3.63, 3.8) is 0 Å². The first kappa shape index (κ1) is 9.52. The van der Waals surface area contributed by atoms with Gasteiger partial charge in [-0.15, -0.1) is 0 Å². The smallest absolute Gasteiger partial charge is 0.309 e. The van der Waals surface area contributed by atoms with Gasteiger partial charge in [-0.1, -0.05) is 6.92 Å². The van der Waals surface area contributed by atoms with E-state index < -0.39 is 0 Å². The molecule has 1 aliphatic rings. The fourth-order valence-corrected chi connectivity index (χ4v) is 2.13. The van der Waals surface area contributed by atoms with Gasteiger partial charge in [0, 0.05) is 0 Å². The first-order valence-corrected chi connectivity index (χ1v) is 4.48. The minimum Gasteiger partial charge on any atom is -0.469 e. The molecule has 0 aromatic carbocycles. The van der Waals surface area contributed by atoms with Crippen LogP contribution in [-0.2, 0) is 9.53 Å². The second-order valence-electron chi connectivity index (χ2n) is 3.60. The van der Waals surface area contributed by atoms with Crippen molar-refractivity contribution in [2.45, 2.75) is 19.8 Å². The minimum atomic E-state index is -0.0875. The molecule has 1 aliphatic carbocycles. The van der Waals surface area contributed by atoms with Gasteiger partial charge in [0.25, 0.3) is 0 Å². The van der Waals surface area contributed by atoms with E-state index in [1.54, 1.807) is 0 Å². The molecule has 1 saturated carbocycles. The van der Waals surface area contributed by atoms with Crippen molar-refractivity contribution in [2.24, 2.45) is 23.5 Å². The molecule has 1 fully saturated rings. The highest BCUT2D eigenvalue weighted by Gasteiger charge is 2.38. The average Bonchev–Trinajstić information content (AvgIpc) is 2.45. The summed E-state index contributed by atoms with van der Waals surface area (Å²) in [5.74, 6) is 0.730. The Morgan fingerprint density at radius 1 is 1.58 bits per heavy atom. The van der Waals surface area contributed by atoms with Gasteiger partial charge in [0.2, 0.25) is 0 Å². The predicted molar refractivity (Wildman–Crippen MR) is 46.4 cm³/mol. The second kappa shape index (κ2) is 3.90. The van der Waals surface area contributed by atoms with Gasteiger partial charge in [-0.3, -0.25) is 4.79 Å². The monoisotopic (exact) mass is 171 g/mol. The van der Waals surface area contributed by atoms with Crippen LogP contribution in [0, 0.1) is 17.8 Å². The summed E-state index contributed by atoms with van der Waals surface area (Å²) in [6.07, 6.45) is 2.17. The molecule has 1 rings (SSSR count). The highest BCUT2D eigenvalue weighted by Crippen LogP contribution is 2.36. The lowest BCUT2D eigenvalue weighted by atomic mass is 9.91. The number of carbonyl (C=O) groups excluding carboxylic acids is 1. The maximum Gasteiger partial charge on any atom is 0.309 e. The Morgan fingerprint density at radius 3 is 2.75 bits per heavy atom. The fourth-order valence-electron chi connectivity index (χ4n) is 2.13. The van der Waals surface area contributed by atoms with Gasteiger partial charge < -0.3 is 10.5 Å². The molecular weight excluding hydrogens is 154 g/mol. The van der Waals surface area contributed by atoms with Crippen LogP contribution in [0.1, 0.15) is 19.8 Å². The molecule has 3 nitrogen and oxygen atoms in total. The standard InChI is InChI=1S/C9H17NO2/c1-6-3-4-7(5-10)8(6)9(11)12-2/h6-8H,3-5,10H2,1-2H3. The number of esters is 1. The van der Waals surface area contributed by atoms with E-state index >= 15 is 0 Å². The molecule has 12 heavy (non-hydrogen) atoms. The van der Waals surface area contributed by atoms with E-state index in [2.05, 4.69) is 6.92 Å². The molecular formula is C9H17NO2. The topological polar surface area (TPSA) is 52.3 Å². The maximum absolute atomic E-state index is 11.3. The molecule has 3 unspecified atom stereocenters. The Hall–Kier alpha value is -0.570. The van der Waals surface area contributed by atoms with E-state index in [-0.39, 0.29) is 11.9 Å². The van der Waals surface area contributed by atoms with Gasteiger partial charge in [0.05, 0.1) is 13.0 Å².